The molecule has 6 nitrogen and oxygen atoms in total. The molecule has 1 aliphatic rings. The van der Waals surface area contributed by atoms with Crippen LogP contribution in [0.5, 0.6) is 0 Å². The van der Waals surface area contributed by atoms with E-state index in [0.29, 0.717) is 49.2 Å². The lowest BCUT2D eigenvalue weighted by Crippen LogP contribution is -2.34. The molecule has 3 aromatic rings. The average molecular weight is 493 g/mol. The van der Waals surface area contributed by atoms with Gasteiger partial charge in [-0.1, -0.05) is 30.8 Å². The summed E-state index contributed by atoms with van der Waals surface area (Å²) in [5.41, 5.74) is 3.67. The molecule has 0 fully saturated rings. The molecule has 0 atom stereocenters. The number of nitrogens with zero attached hydrogens (tertiary/aromatic N) is 1. The van der Waals surface area contributed by atoms with Crippen LogP contribution in [-0.4, -0.2) is 34.3 Å². The standard InChI is InChI=1S/C27H25FN2O4S/c1-16(19-6-8-20(9-7-19)27(33)34)29-26(32)25-22-13-14-30(17(2)31)15-24(22)35-23(25)12-5-18-3-10-21(28)11-4-18/h3-4,6-11H,1,5,12-15H2,2H3,(H,29,32)(H,33,34). The van der Waals surface area contributed by atoms with Crippen molar-refractivity contribution >= 4 is 34.8 Å². The molecule has 2 aromatic carbocycles. The number of nitrogens with one attached hydrogen (secondary N) is 1. The number of halogens is 1. The molecule has 2 heterocycles. The fourth-order valence-electron chi connectivity index (χ4n) is 4.16. The van der Waals surface area contributed by atoms with Crippen LogP contribution in [0, 0.1) is 5.82 Å². The maximum absolute atomic E-state index is 13.4. The number of hydrogen-bond acceptors (Lipinski definition) is 4. The van der Waals surface area contributed by atoms with Gasteiger partial charge in [0.1, 0.15) is 5.82 Å². The van der Waals surface area contributed by atoms with Gasteiger partial charge in [0.25, 0.3) is 5.91 Å². The summed E-state index contributed by atoms with van der Waals surface area (Å²) in [5.74, 6) is -1.59. The maximum Gasteiger partial charge on any atom is 0.335 e. The third-order valence-corrected chi connectivity index (χ3v) is 7.38. The summed E-state index contributed by atoms with van der Waals surface area (Å²) in [6.07, 6.45) is 1.84. The molecule has 180 valence electrons. The van der Waals surface area contributed by atoms with E-state index in [1.54, 1.807) is 36.1 Å². The van der Waals surface area contributed by atoms with Crippen molar-refractivity contribution in [1.29, 1.82) is 0 Å². The highest BCUT2D eigenvalue weighted by atomic mass is 32.1. The number of benzene rings is 2. The lowest BCUT2D eigenvalue weighted by atomic mass is 9.98. The summed E-state index contributed by atoms with van der Waals surface area (Å²) >= 11 is 1.54. The van der Waals surface area contributed by atoms with Gasteiger partial charge in [0.05, 0.1) is 17.7 Å². The van der Waals surface area contributed by atoms with Gasteiger partial charge in [0, 0.05) is 28.9 Å². The van der Waals surface area contributed by atoms with E-state index in [-0.39, 0.29) is 23.2 Å². The normalized spacial score (nSPS) is 12.7. The first-order chi connectivity index (χ1) is 16.7. The van der Waals surface area contributed by atoms with Crippen molar-refractivity contribution in [1.82, 2.24) is 10.2 Å². The summed E-state index contributed by atoms with van der Waals surface area (Å²) in [4.78, 5) is 40.1. The highest BCUT2D eigenvalue weighted by Gasteiger charge is 2.28. The number of carbonyl (C=O) groups is 3. The molecular formula is C27H25FN2O4S. The quantitative estimate of drug-likeness (QED) is 0.502. The van der Waals surface area contributed by atoms with Crippen LogP contribution in [0.1, 0.15) is 54.1 Å². The molecule has 4 rings (SSSR count). The van der Waals surface area contributed by atoms with Crippen LogP contribution in [0.2, 0.25) is 0 Å². The van der Waals surface area contributed by atoms with Crippen LogP contribution in [0.25, 0.3) is 5.70 Å². The van der Waals surface area contributed by atoms with Crippen molar-refractivity contribution < 1.29 is 23.9 Å². The van der Waals surface area contributed by atoms with Crippen LogP contribution in [0.4, 0.5) is 4.39 Å². The van der Waals surface area contributed by atoms with Gasteiger partial charge in [-0.05, 0) is 60.2 Å². The van der Waals surface area contributed by atoms with E-state index in [4.69, 9.17) is 5.11 Å². The Labute approximate surface area is 206 Å². The van der Waals surface area contributed by atoms with Gasteiger partial charge in [-0.15, -0.1) is 11.3 Å². The molecular weight excluding hydrogens is 467 g/mol. The molecule has 0 saturated carbocycles. The smallest absolute Gasteiger partial charge is 0.335 e. The zero-order valence-corrected chi connectivity index (χ0v) is 20.1. The minimum absolute atomic E-state index is 0.00102. The Balaban J connectivity index is 1.59. The number of carboxylic acids is 1. The lowest BCUT2D eigenvalue weighted by molar-refractivity contribution is -0.129. The van der Waals surface area contributed by atoms with Crippen LogP contribution in [-0.2, 0) is 30.6 Å². The molecule has 0 spiro atoms. The van der Waals surface area contributed by atoms with Gasteiger partial charge in [-0.2, -0.15) is 0 Å². The van der Waals surface area contributed by atoms with Gasteiger partial charge >= 0.3 is 5.97 Å². The third-order valence-electron chi connectivity index (χ3n) is 6.10. The van der Waals surface area contributed by atoms with E-state index in [1.165, 1.54) is 35.6 Å². The zero-order chi connectivity index (χ0) is 25.1. The Morgan fingerprint density at radius 1 is 1.06 bits per heavy atom. The van der Waals surface area contributed by atoms with E-state index >= 15 is 0 Å². The number of amides is 2. The predicted octanol–water partition coefficient (Wildman–Crippen LogP) is 4.68. The van der Waals surface area contributed by atoms with Crippen LogP contribution < -0.4 is 5.32 Å². The monoisotopic (exact) mass is 492 g/mol. The SMILES string of the molecule is C=C(NC(=O)c1c(CCc2ccc(F)cc2)sc2c1CCN(C(C)=O)C2)c1ccc(C(=O)O)cc1. The molecule has 0 saturated heterocycles. The first kappa shape index (κ1) is 24.3. The summed E-state index contributed by atoms with van der Waals surface area (Å²) in [6.45, 7) is 6.53. The number of aryl methyl sites for hydroxylation is 2. The highest BCUT2D eigenvalue weighted by Crippen LogP contribution is 2.34. The summed E-state index contributed by atoms with van der Waals surface area (Å²) < 4.78 is 13.3. The average Bonchev–Trinajstić information content (AvgIpc) is 3.21. The minimum Gasteiger partial charge on any atom is -0.478 e. The van der Waals surface area contributed by atoms with Crippen molar-refractivity contribution in [3.63, 3.8) is 0 Å². The van der Waals surface area contributed by atoms with Crippen LogP contribution >= 0.6 is 11.3 Å². The van der Waals surface area contributed by atoms with Gasteiger partial charge < -0.3 is 15.3 Å². The van der Waals surface area contributed by atoms with E-state index in [9.17, 15) is 18.8 Å². The van der Waals surface area contributed by atoms with Crippen molar-refractivity contribution in [3.05, 3.63) is 98.5 Å². The van der Waals surface area contributed by atoms with Crippen molar-refractivity contribution in [2.24, 2.45) is 0 Å². The minimum atomic E-state index is -1.03. The Bertz CT molecular complexity index is 1300. The molecule has 2 N–H and O–H groups in total. The third kappa shape index (κ3) is 5.49. The number of hydrogen-bond donors (Lipinski definition) is 2. The topological polar surface area (TPSA) is 86.7 Å². The zero-order valence-electron chi connectivity index (χ0n) is 19.3. The predicted molar refractivity (Wildman–Crippen MR) is 133 cm³/mol. The fourth-order valence-corrected chi connectivity index (χ4v) is 5.53. The van der Waals surface area contributed by atoms with Gasteiger partial charge in [-0.3, -0.25) is 9.59 Å². The van der Waals surface area contributed by atoms with Crippen LogP contribution in [0.15, 0.2) is 55.1 Å². The Kier molecular flexibility index (Phi) is 7.12. The van der Waals surface area contributed by atoms with Crippen molar-refractivity contribution in [3.8, 4) is 0 Å². The number of aromatic carboxylic acids is 1. The Hall–Kier alpha value is -3.78. The molecule has 1 aromatic heterocycles. The number of rotatable bonds is 7. The first-order valence-corrected chi connectivity index (χ1v) is 12.0. The van der Waals surface area contributed by atoms with Gasteiger partial charge in [-0.25, -0.2) is 9.18 Å². The molecule has 0 bridgehead atoms. The molecule has 0 aliphatic carbocycles. The van der Waals surface area contributed by atoms with E-state index in [1.807, 2.05) is 0 Å². The number of carbonyl (C=O) groups excluding carboxylic acids is 2. The van der Waals surface area contributed by atoms with Gasteiger partial charge in [0.15, 0.2) is 0 Å². The molecule has 1 aliphatic heterocycles. The van der Waals surface area contributed by atoms with E-state index in [2.05, 4.69) is 11.9 Å². The van der Waals surface area contributed by atoms with E-state index < -0.39 is 5.97 Å². The lowest BCUT2D eigenvalue weighted by Gasteiger charge is -2.26. The number of thiophene rings is 1. The number of carboxylic acid groups (broad SMARTS) is 1. The second-order valence-electron chi connectivity index (χ2n) is 8.43. The van der Waals surface area contributed by atoms with Crippen molar-refractivity contribution in [2.45, 2.75) is 32.7 Å². The molecule has 8 heteroatoms. The Morgan fingerprint density at radius 2 is 1.71 bits per heavy atom. The molecule has 0 radical (unpaired) electrons. The summed E-state index contributed by atoms with van der Waals surface area (Å²) in [5, 5.41) is 12.0. The highest BCUT2D eigenvalue weighted by molar-refractivity contribution is 7.12. The second kappa shape index (κ2) is 10.2. The maximum atomic E-state index is 13.4. The first-order valence-electron chi connectivity index (χ1n) is 11.2. The summed E-state index contributed by atoms with van der Waals surface area (Å²) in [6, 6.07) is 12.5. The van der Waals surface area contributed by atoms with E-state index in [0.717, 1.165) is 20.9 Å². The largest absolute Gasteiger partial charge is 0.478 e. The second-order valence-corrected chi connectivity index (χ2v) is 9.62. The van der Waals surface area contributed by atoms with Gasteiger partial charge in [0.2, 0.25) is 5.91 Å². The molecule has 2 amide bonds. The molecule has 0 unspecified atom stereocenters. The fraction of sp³-hybridized carbons (Fsp3) is 0.222. The Morgan fingerprint density at radius 3 is 2.34 bits per heavy atom. The molecule has 35 heavy (non-hydrogen) atoms. The van der Waals surface area contributed by atoms with Crippen LogP contribution in [0.3, 0.4) is 0 Å². The van der Waals surface area contributed by atoms with Crippen molar-refractivity contribution in [2.75, 3.05) is 6.54 Å². The number of fused-ring (bicyclic) bond motifs is 1. The summed E-state index contributed by atoms with van der Waals surface area (Å²) in [7, 11) is 0.